The van der Waals surface area contributed by atoms with Crippen LogP contribution in [0.15, 0.2) is 12.3 Å². The van der Waals surface area contributed by atoms with E-state index in [-0.39, 0.29) is 0 Å². The molecular weight excluding hydrogens is 224 g/mol. The maximum Gasteiger partial charge on any atom is 0.224 e. The summed E-state index contributed by atoms with van der Waals surface area (Å²) in [5.74, 6) is 1.64. The average Bonchev–Trinajstić information content (AvgIpc) is 2.30. The lowest BCUT2D eigenvalue weighted by atomic mass is 9.84. The Hall–Kier alpha value is -0.870. The van der Waals surface area contributed by atoms with E-state index in [9.17, 15) is 0 Å². The first kappa shape index (κ1) is 10.3. The number of nitrogens with one attached hydrogen (secondary N) is 1. The van der Waals surface area contributed by atoms with Gasteiger partial charge in [0.25, 0.3) is 0 Å². The minimum atomic E-state index is 0.311. The first-order valence-corrected chi connectivity index (χ1v) is 6.16. The Bertz CT molecular complexity index is 376. The van der Waals surface area contributed by atoms with Gasteiger partial charge >= 0.3 is 0 Å². The van der Waals surface area contributed by atoms with Crippen molar-refractivity contribution in [2.24, 2.45) is 5.92 Å². The summed E-state index contributed by atoms with van der Waals surface area (Å²) in [6.45, 7) is 3.65. The number of piperidine rings is 3. The van der Waals surface area contributed by atoms with Crippen molar-refractivity contribution in [2.75, 3.05) is 25.0 Å². The van der Waals surface area contributed by atoms with E-state index in [2.05, 4.69) is 20.2 Å². The summed E-state index contributed by atoms with van der Waals surface area (Å²) >= 11 is 5.77. The SMILES string of the molecule is Clc1nccc(NC2CN3CCC2CC3)n1. The molecule has 5 heteroatoms. The lowest BCUT2D eigenvalue weighted by Gasteiger charge is -2.45. The van der Waals surface area contributed by atoms with Crippen LogP contribution in [0.2, 0.25) is 5.28 Å². The fourth-order valence-electron chi connectivity index (χ4n) is 2.73. The molecule has 1 atom stereocenters. The minimum Gasteiger partial charge on any atom is -0.366 e. The highest BCUT2D eigenvalue weighted by atomic mass is 35.5. The molecule has 1 unspecified atom stereocenters. The van der Waals surface area contributed by atoms with Crippen LogP contribution >= 0.6 is 11.6 Å². The predicted molar refractivity (Wildman–Crippen MR) is 63.6 cm³/mol. The van der Waals surface area contributed by atoms with E-state index in [4.69, 9.17) is 11.6 Å². The fourth-order valence-corrected chi connectivity index (χ4v) is 2.88. The summed E-state index contributed by atoms with van der Waals surface area (Å²) in [6.07, 6.45) is 4.30. The Labute approximate surface area is 100 Å². The quantitative estimate of drug-likeness (QED) is 0.796. The van der Waals surface area contributed by atoms with E-state index >= 15 is 0 Å². The molecule has 0 amide bonds. The molecular formula is C11H15ClN4. The zero-order valence-corrected chi connectivity index (χ0v) is 9.82. The smallest absolute Gasteiger partial charge is 0.224 e. The van der Waals surface area contributed by atoms with Crippen LogP contribution in [0.25, 0.3) is 0 Å². The molecule has 0 spiro atoms. The maximum atomic E-state index is 5.77. The molecule has 86 valence electrons. The van der Waals surface area contributed by atoms with Crippen molar-refractivity contribution in [3.8, 4) is 0 Å². The van der Waals surface area contributed by atoms with Gasteiger partial charge in [0, 0.05) is 18.8 Å². The highest BCUT2D eigenvalue weighted by Gasteiger charge is 2.34. The zero-order chi connectivity index (χ0) is 11.0. The van der Waals surface area contributed by atoms with Gasteiger partial charge in [0.1, 0.15) is 5.82 Å². The van der Waals surface area contributed by atoms with Crippen LogP contribution in [0.1, 0.15) is 12.8 Å². The summed E-state index contributed by atoms with van der Waals surface area (Å²) in [5.41, 5.74) is 0. The van der Waals surface area contributed by atoms with Crippen LogP contribution in [0.5, 0.6) is 0 Å². The van der Waals surface area contributed by atoms with E-state index in [0.29, 0.717) is 11.3 Å². The van der Waals surface area contributed by atoms with Gasteiger partial charge < -0.3 is 10.2 Å². The van der Waals surface area contributed by atoms with Gasteiger partial charge in [-0.2, -0.15) is 0 Å². The normalized spacial score (nSPS) is 32.7. The third-order valence-electron chi connectivity index (χ3n) is 3.62. The molecule has 16 heavy (non-hydrogen) atoms. The van der Waals surface area contributed by atoms with Crippen LogP contribution in [0, 0.1) is 5.92 Å². The average molecular weight is 239 g/mol. The van der Waals surface area contributed by atoms with Gasteiger partial charge in [-0.1, -0.05) is 0 Å². The Morgan fingerprint density at radius 2 is 2.19 bits per heavy atom. The van der Waals surface area contributed by atoms with Gasteiger partial charge in [-0.15, -0.1) is 0 Å². The molecule has 4 nitrogen and oxygen atoms in total. The monoisotopic (exact) mass is 238 g/mol. The molecule has 1 aromatic rings. The molecule has 2 bridgehead atoms. The Kier molecular flexibility index (Phi) is 2.69. The zero-order valence-electron chi connectivity index (χ0n) is 9.06. The fraction of sp³-hybridized carbons (Fsp3) is 0.636. The Morgan fingerprint density at radius 3 is 2.81 bits per heavy atom. The maximum absolute atomic E-state index is 5.77. The second-order valence-corrected chi connectivity index (χ2v) is 4.94. The number of hydrogen-bond acceptors (Lipinski definition) is 4. The molecule has 4 heterocycles. The number of rotatable bonds is 2. The second-order valence-electron chi connectivity index (χ2n) is 4.60. The van der Waals surface area contributed by atoms with E-state index in [1.165, 1.54) is 25.9 Å². The number of anilines is 1. The van der Waals surface area contributed by atoms with Gasteiger partial charge in [0.05, 0.1) is 0 Å². The molecule has 1 N–H and O–H groups in total. The predicted octanol–water partition coefficient (Wildman–Crippen LogP) is 1.64. The molecule has 1 aromatic heterocycles. The van der Waals surface area contributed by atoms with Gasteiger partial charge in [0.15, 0.2) is 0 Å². The van der Waals surface area contributed by atoms with Crippen molar-refractivity contribution in [1.82, 2.24) is 14.9 Å². The van der Waals surface area contributed by atoms with Crippen molar-refractivity contribution in [3.63, 3.8) is 0 Å². The molecule has 4 rings (SSSR count). The molecule has 0 radical (unpaired) electrons. The van der Waals surface area contributed by atoms with Crippen molar-refractivity contribution in [3.05, 3.63) is 17.5 Å². The van der Waals surface area contributed by atoms with Gasteiger partial charge in [-0.05, 0) is 49.5 Å². The molecule has 3 aliphatic heterocycles. The highest BCUT2D eigenvalue weighted by molar-refractivity contribution is 6.28. The van der Waals surface area contributed by atoms with Crippen LogP contribution in [0.3, 0.4) is 0 Å². The summed E-state index contributed by atoms with van der Waals surface area (Å²) in [5, 5.41) is 3.79. The molecule has 3 aliphatic rings. The summed E-state index contributed by atoms with van der Waals surface area (Å²) in [4.78, 5) is 10.6. The topological polar surface area (TPSA) is 41.1 Å². The van der Waals surface area contributed by atoms with Crippen molar-refractivity contribution < 1.29 is 0 Å². The summed E-state index contributed by atoms with van der Waals surface area (Å²) < 4.78 is 0. The molecule has 0 saturated carbocycles. The second kappa shape index (κ2) is 4.18. The third kappa shape index (κ3) is 1.99. The number of aromatic nitrogens is 2. The van der Waals surface area contributed by atoms with E-state index in [1.807, 2.05) is 6.07 Å². The van der Waals surface area contributed by atoms with E-state index in [0.717, 1.165) is 18.3 Å². The van der Waals surface area contributed by atoms with Crippen molar-refractivity contribution in [2.45, 2.75) is 18.9 Å². The summed E-state index contributed by atoms with van der Waals surface area (Å²) in [6, 6.07) is 2.40. The first-order valence-electron chi connectivity index (χ1n) is 5.79. The van der Waals surface area contributed by atoms with E-state index < -0.39 is 0 Å². The third-order valence-corrected chi connectivity index (χ3v) is 3.80. The molecule has 0 aromatic carbocycles. The standard InChI is InChI=1S/C11H15ClN4/c12-11-13-4-1-10(15-11)14-9-7-16-5-2-8(9)3-6-16/h1,4,8-9H,2-3,5-7H2,(H,13,14,15). The number of nitrogens with zero attached hydrogens (tertiary/aromatic N) is 3. The van der Waals surface area contributed by atoms with Crippen LogP contribution in [-0.2, 0) is 0 Å². The molecule has 3 saturated heterocycles. The van der Waals surface area contributed by atoms with Gasteiger partial charge in [-0.3, -0.25) is 0 Å². The van der Waals surface area contributed by atoms with Crippen LogP contribution < -0.4 is 5.32 Å². The lowest BCUT2D eigenvalue weighted by molar-refractivity contribution is 0.0974. The molecule has 0 aliphatic carbocycles. The highest BCUT2D eigenvalue weighted by Crippen LogP contribution is 2.29. The van der Waals surface area contributed by atoms with Gasteiger partial charge in [-0.25, -0.2) is 9.97 Å². The Morgan fingerprint density at radius 1 is 1.38 bits per heavy atom. The van der Waals surface area contributed by atoms with Crippen LogP contribution in [-0.4, -0.2) is 40.5 Å². The van der Waals surface area contributed by atoms with Crippen molar-refractivity contribution >= 4 is 17.4 Å². The van der Waals surface area contributed by atoms with Crippen molar-refractivity contribution in [1.29, 1.82) is 0 Å². The summed E-state index contributed by atoms with van der Waals surface area (Å²) in [7, 11) is 0. The lowest BCUT2D eigenvalue weighted by Crippen LogP contribution is -2.53. The largest absolute Gasteiger partial charge is 0.366 e. The number of halogens is 1. The number of hydrogen-bond donors (Lipinski definition) is 1. The van der Waals surface area contributed by atoms with Crippen LogP contribution in [0.4, 0.5) is 5.82 Å². The Balaban J connectivity index is 1.71. The van der Waals surface area contributed by atoms with E-state index in [1.54, 1.807) is 6.20 Å². The first-order chi connectivity index (χ1) is 7.81. The number of fused-ring (bicyclic) bond motifs is 3. The molecule has 3 fully saturated rings. The van der Waals surface area contributed by atoms with Gasteiger partial charge in [0.2, 0.25) is 5.28 Å². The minimum absolute atomic E-state index is 0.311.